The average Bonchev–Trinajstić information content (AvgIpc) is 3.13. The molecule has 7 nitrogen and oxygen atoms in total. The van der Waals surface area contributed by atoms with Gasteiger partial charge in [-0.15, -0.1) is 0 Å². The predicted molar refractivity (Wildman–Crippen MR) is 131 cm³/mol. The van der Waals surface area contributed by atoms with E-state index in [-0.39, 0.29) is 24.4 Å². The van der Waals surface area contributed by atoms with Crippen LogP contribution in [0.4, 0.5) is 4.79 Å². The zero-order valence-corrected chi connectivity index (χ0v) is 20.3. The number of fused-ring (bicyclic) bond motifs is 3. The lowest BCUT2D eigenvalue weighted by atomic mass is 9.97. The standard InChI is InChI=1S/C27H34N2O5/c1-5-18(4)25(26(32)29(14-17(2)3)15-24(30)31)28-27(33)34-16-23-21-12-8-6-10-19(21)20-11-7-9-13-22(20)23/h6-13,17-18,23,25H,5,14-16H2,1-4H3,(H,28,33)(H,30,31)/t18?,25-/m0/s1. The number of carbonyl (C=O) groups excluding carboxylic acids is 2. The minimum absolute atomic E-state index is 0.0830. The zero-order valence-electron chi connectivity index (χ0n) is 20.3. The molecule has 34 heavy (non-hydrogen) atoms. The first-order valence-corrected chi connectivity index (χ1v) is 11.8. The molecule has 0 saturated heterocycles. The highest BCUT2D eigenvalue weighted by Crippen LogP contribution is 2.44. The number of ether oxygens (including phenoxy) is 1. The maximum atomic E-state index is 13.2. The lowest BCUT2D eigenvalue weighted by molar-refractivity contribution is -0.146. The van der Waals surface area contributed by atoms with Gasteiger partial charge in [0, 0.05) is 12.5 Å². The van der Waals surface area contributed by atoms with Crippen LogP contribution >= 0.6 is 0 Å². The second kappa shape index (κ2) is 11.2. The SMILES string of the molecule is CCC(C)[C@H](NC(=O)OCC1c2ccccc2-c2ccccc21)C(=O)N(CC(=O)O)CC(C)C. The topological polar surface area (TPSA) is 95.9 Å². The fourth-order valence-electron chi connectivity index (χ4n) is 4.48. The van der Waals surface area contributed by atoms with E-state index in [0.29, 0.717) is 13.0 Å². The zero-order chi connectivity index (χ0) is 24.8. The molecule has 2 aromatic carbocycles. The molecule has 0 bridgehead atoms. The summed E-state index contributed by atoms with van der Waals surface area (Å²) < 4.78 is 5.62. The minimum Gasteiger partial charge on any atom is -0.480 e. The van der Waals surface area contributed by atoms with Gasteiger partial charge in [0.25, 0.3) is 0 Å². The van der Waals surface area contributed by atoms with E-state index in [1.54, 1.807) is 0 Å². The van der Waals surface area contributed by atoms with Crippen LogP contribution in [0.15, 0.2) is 48.5 Å². The third-order valence-electron chi connectivity index (χ3n) is 6.32. The lowest BCUT2D eigenvalue weighted by Crippen LogP contribution is -2.53. The van der Waals surface area contributed by atoms with E-state index in [4.69, 9.17) is 4.74 Å². The van der Waals surface area contributed by atoms with Crippen molar-refractivity contribution in [2.45, 2.75) is 46.1 Å². The second-order valence-electron chi connectivity index (χ2n) is 9.34. The molecule has 0 spiro atoms. The van der Waals surface area contributed by atoms with E-state index in [1.165, 1.54) is 4.90 Å². The molecule has 0 heterocycles. The summed E-state index contributed by atoms with van der Waals surface area (Å²) >= 11 is 0. The van der Waals surface area contributed by atoms with Crippen molar-refractivity contribution in [1.29, 1.82) is 0 Å². The van der Waals surface area contributed by atoms with Crippen molar-refractivity contribution in [3.8, 4) is 11.1 Å². The number of carboxylic acids is 1. The van der Waals surface area contributed by atoms with Gasteiger partial charge in [0.1, 0.15) is 19.2 Å². The van der Waals surface area contributed by atoms with Crippen molar-refractivity contribution in [2.75, 3.05) is 19.7 Å². The van der Waals surface area contributed by atoms with E-state index in [0.717, 1.165) is 22.3 Å². The number of amides is 2. The van der Waals surface area contributed by atoms with Crippen LogP contribution in [0, 0.1) is 11.8 Å². The number of nitrogens with zero attached hydrogens (tertiary/aromatic N) is 1. The van der Waals surface area contributed by atoms with Gasteiger partial charge in [0.15, 0.2) is 0 Å². The Morgan fingerprint density at radius 3 is 2.06 bits per heavy atom. The number of carboxylic acid groups (broad SMARTS) is 1. The first-order chi connectivity index (χ1) is 16.2. The molecule has 0 aliphatic heterocycles. The Kier molecular flexibility index (Phi) is 8.31. The van der Waals surface area contributed by atoms with Crippen molar-refractivity contribution in [1.82, 2.24) is 10.2 Å². The molecular formula is C27H34N2O5. The van der Waals surface area contributed by atoms with E-state index >= 15 is 0 Å². The van der Waals surface area contributed by atoms with Crippen molar-refractivity contribution < 1.29 is 24.2 Å². The number of hydrogen-bond donors (Lipinski definition) is 2. The fourth-order valence-corrected chi connectivity index (χ4v) is 4.48. The monoisotopic (exact) mass is 466 g/mol. The first-order valence-electron chi connectivity index (χ1n) is 11.8. The van der Waals surface area contributed by atoms with Crippen LogP contribution in [0.1, 0.15) is 51.2 Å². The van der Waals surface area contributed by atoms with Crippen LogP contribution in [0.25, 0.3) is 11.1 Å². The van der Waals surface area contributed by atoms with Gasteiger partial charge in [-0.2, -0.15) is 0 Å². The number of nitrogens with one attached hydrogen (secondary N) is 1. The van der Waals surface area contributed by atoms with Gasteiger partial charge < -0.3 is 20.1 Å². The maximum absolute atomic E-state index is 13.2. The summed E-state index contributed by atoms with van der Waals surface area (Å²) in [5.74, 6) is -1.66. The number of aliphatic carboxylic acids is 1. The minimum atomic E-state index is -1.09. The maximum Gasteiger partial charge on any atom is 0.407 e. The van der Waals surface area contributed by atoms with E-state index in [2.05, 4.69) is 17.4 Å². The quantitative estimate of drug-likeness (QED) is 0.537. The molecule has 2 N–H and O–H groups in total. The summed E-state index contributed by atoms with van der Waals surface area (Å²) in [5, 5.41) is 12.0. The molecule has 7 heteroatoms. The van der Waals surface area contributed by atoms with Crippen LogP contribution in [-0.4, -0.2) is 53.7 Å². The van der Waals surface area contributed by atoms with Crippen LogP contribution in [0.5, 0.6) is 0 Å². The van der Waals surface area contributed by atoms with Gasteiger partial charge in [0.05, 0.1) is 0 Å². The largest absolute Gasteiger partial charge is 0.480 e. The van der Waals surface area contributed by atoms with Crippen LogP contribution in [0.3, 0.4) is 0 Å². The van der Waals surface area contributed by atoms with Gasteiger partial charge in [-0.05, 0) is 34.1 Å². The van der Waals surface area contributed by atoms with E-state index < -0.39 is 30.6 Å². The Morgan fingerprint density at radius 1 is 1.00 bits per heavy atom. The van der Waals surface area contributed by atoms with Gasteiger partial charge >= 0.3 is 12.1 Å². The molecule has 182 valence electrons. The Labute approximate surface area is 201 Å². The average molecular weight is 467 g/mol. The molecule has 1 aliphatic carbocycles. The molecule has 0 fully saturated rings. The first kappa shape index (κ1) is 25.3. The molecule has 3 rings (SSSR count). The summed E-state index contributed by atoms with van der Waals surface area (Å²) in [7, 11) is 0. The smallest absolute Gasteiger partial charge is 0.407 e. The lowest BCUT2D eigenvalue weighted by Gasteiger charge is -2.30. The van der Waals surface area contributed by atoms with E-state index in [9.17, 15) is 19.5 Å². The summed E-state index contributed by atoms with van der Waals surface area (Å²) in [6.45, 7) is 7.65. The molecule has 2 aromatic rings. The van der Waals surface area contributed by atoms with Crippen LogP contribution in [-0.2, 0) is 14.3 Å². The summed E-state index contributed by atoms with van der Waals surface area (Å²) in [6, 6.07) is 15.3. The highest BCUT2D eigenvalue weighted by Gasteiger charge is 2.33. The summed E-state index contributed by atoms with van der Waals surface area (Å²) in [5.41, 5.74) is 4.49. The molecular weight excluding hydrogens is 432 g/mol. The molecule has 1 unspecified atom stereocenters. The van der Waals surface area contributed by atoms with Gasteiger partial charge in [-0.25, -0.2) is 4.79 Å². The molecule has 2 amide bonds. The third-order valence-corrected chi connectivity index (χ3v) is 6.32. The van der Waals surface area contributed by atoms with Gasteiger partial charge in [0.2, 0.25) is 5.91 Å². The van der Waals surface area contributed by atoms with Crippen molar-refractivity contribution in [3.05, 3.63) is 59.7 Å². The highest BCUT2D eigenvalue weighted by molar-refractivity contribution is 5.88. The molecule has 1 aliphatic rings. The Morgan fingerprint density at radius 2 is 1.56 bits per heavy atom. The predicted octanol–water partition coefficient (Wildman–Crippen LogP) is 4.51. The van der Waals surface area contributed by atoms with Crippen molar-refractivity contribution in [3.63, 3.8) is 0 Å². The number of benzene rings is 2. The van der Waals surface area contributed by atoms with E-state index in [1.807, 2.05) is 64.1 Å². The summed E-state index contributed by atoms with van der Waals surface area (Å²) in [6.07, 6.45) is -0.0387. The molecule has 2 atom stereocenters. The van der Waals surface area contributed by atoms with Crippen molar-refractivity contribution in [2.24, 2.45) is 11.8 Å². The molecule has 0 aromatic heterocycles. The summed E-state index contributed by atoms with van der Waals surface area (Å²) in [4.78, 5) is 38.7. The molecule has 0 radical (unpaired) electrons. The fraction of sp³-hybridized carbons (Fsp3) is 0.444. The Bertz CT molecular complexity index is 990. The molecule has 0 saturated carbocycles. The second-order valence-corrected chi connectivity index (χ2v) is 9.34. The Hall–Kier alpha value is -3.35. The third kappa shape index (κ3) is 5.76. The van der Waals surface area contributed by atoms with Crippen molar-refractivity contribution >= 4 is 18.0 Å². The number of carbonyl (C=O) groups is 3. The van der Waals surface area contributed by atoms with Gasteiger partial charge in [-0.3, -0.25) is 9.59 Å². The highest BCUT2D eigenvalue weighted by atomic mass is 16.5. The number of hydrogen-bond acceptors (Lipinski definition) is 4. The normalized spacial score (nSPS) is 14.1. The number of rotatable bonds is 10. The van der Waals surface area contributed by atoms with Crippen LogP contribution in [0.2, 0.25) is 0 Å². The Balaban J connectivity index is 1.72. The number of alkyl carbamates (subject to hydrolysis) is 1. The van der Waals surface area contributed by atoms with Crippen LogP contribution < -0.4 is 5.32 Å². The van der Waals surface area contributed by atoms with Gasteiger partial charge in [-0.1, -0.05) is 82.6 Å².